The average molecular weight is 202 g/mol. The van der Waals surface area contributed by atoms with Crippen LogP contribution in [0.2, 0.25) is 0 Å². The van der Waals surface area contributed by atoms with Crippen molar-refractivity contribution < 1.29 is 0 Å². The van der Waals surface area contributed by atoms with Gasteiger partial charge >= 0.3 is 0 Å². The van der Waals surface area contributed by atoms with Gasteiger partial charge in [0.25, 0.3) is 0 Å². The summed E-state index contributed by atoms with van der Waals surface area (Å²) in [5.41, 5.74) is 0. The largest absolute Gasteiger partial charge is 0.353 e. The Morgan fingerprint density at radius 2 is 2.46 bits per heavy atom. The quantitative estimate of drug-likeness (QED) is 0.741. The first-order chi connectivity index (χ1) is 6.24. The second kappa shape index (κ2) is 5.12. The van der Waals surface area contributed by atoms with Gasteiger partial charge in [0, 0.05) is 31.4 Å². The van der Waals surface area contributed by atoms with Gasteiger partial charge in [-0.15, -0.1) is 11.6 Å². The monoisotopic (exact) mass is 201 g/mol. The van der Waals surface area contributed by atoms with Gasteiger partial charge in [0.2, 0.25) is 5.95 Å². The molecule has 4 heteroatoms. The van der Waals surface area contributed by atoms with Crippen molar-refractivity contribution in [1.82, 2.24) is 9.55 Å². The van der Waals surface area contributed by atoms with Crippen LogP contribution in [-0.2, 0) is 7.05 Å². The van der Waals surface area contributed by atoms with E-state index in [9.17, 15) is 0 Å². The maximum atomic E-state index is 5.61. The lowest BCUT2D eigenvalue weighted by atomic mass is 10.2. The summed E-state index contributed by atoms with van der Waals surface area (Å²) < 4.78 is 1.97. The van der Waals surface area contributed by atoms with Gasteiger partial charge in [-0.3, -0.25) is 0 Å². The van der Waals surface area contributed by atoms with Crippen LogP contribution in [0.5, 0.6) is 0 Å². The molecular weight excluding hydrogens is 186 g/mol. The van der Waals surface area contributed by atoms with Crippen molar-refractivity contribution in [2.45, 2.75) is 25.8 Å². The first kappa shape index (κ1) is 10.4. The molecule has 1 N–H and O–H groups in total. The summed E-state index contributed by atoms with van der Waals surface area (Å²) in [6.45, 7) is 2.14. The summed E-state index contributed by atoms with van der Waals surface area (Å²) in [5.74, 6) is 1.65. The molecule has 74 valence electrons. The Morgan fingerprint density at radius 3 is 3.00 bits per heavy atom. The molecule has 0 aliphatic heterocycles. The van der Waals surface area contributed by atoms with Crippen LogP contribution in [-0.4, -0.2) is 21.5 Å². The predicted molar refractivity (Wildman–Crippen MR) is 56.2 cm³/mol. The lowest BCUT2D eigenvalue weighted by Crippen LogP contribution is -2.17. The summed E-state index contributed by atoms with van der Waals surface area (Å²) in [4.78, 5) is 4.18. The highest BCUT2D eigenvalue weighted by molar-refractivity contribution is 6.17. The number of aryl methyl sites for hydroxylation is 1. The molecule has 0 amide bonds. The van der Waals surface area contributed by atoms with Crippen molar-refractivity contribution in [2.75, 3.05) is 11.2 Å². The van der Waals surface area contributed by atoms with Crippen LogP contribution < -0.4 is 5.32 Å². The Hall–Kier alpha value is -0.700. The smallest absolute Gasteiger partial charge is 0.202 e. The van der Waals surface area contributed by atoms with Gasteiger partial charge in [0.15, 0.2) is 0 Å². The molecule has 3 nitrogen and oxygen atoms in total. The van der Waals surface area contributed by atoms with E-state index in [1.165, 1.54) is 0 Å². The SMILES string of the molecule is CC(CCCCl)Nc1nccn1C. The zero-order chi connectivity index (χ0) is 9.68. The Balaban J connectivity index is 2.36. The van der Waals surface area contributed by atoms with Crippen LogP contribution in [0.3, 0.4) is 0 Å². The van der Waals surface area contributed by atoms with Crippen molar-refractivity contribution in [3.8, 4) is 0 Å². The normalized spacial score (nSPS) is 12.8. The van der Waals surface area contributed by atoms with E-state index in [2.05, 4.69) is 17.2 Å². The number of hydrogen-bond donors (Lipinski definition) is 1. The maximum Gasteiger partial charge on any atom is 0.202 e. The molecule has 1 heterocycles. The third kappa shape index (κ3) is 3.27. The average Bonchev–Trinajstić information content (AvgIpc) is 2.48. The fraction of sp³-hybridized carbons (Fsp3) is 0.667. The first-order valence-corrected chi connectivity index (χ1v) is 5.07. The van der Waals surface area contributed by atoms with Crippen molar-refractivity contribution >= 4 is 17.5 Å². The molecule has 1 unspecified atom stereocenters. The number of halogens is 1. The van der Waals surface area contributed by atoms with Gasteiger partial charge in [-0.05, 0) is 19.8 Å². The molecule has 0 aliphatic carbocycles. The fourth-order valence-electron chi connectivity index (χ4n) is 1.18. The zero-order valence-electron chi connectivity index (χ0n) is 8.13. The van der Waals surface area contributed by atoms with E-state index >= 15 is 0 Å². The number of nitrogens with zero attached hydrogens (tertiary/aromatic N) is 2. The first-order valence-electron chi connectivity index (χ1n) is 4.54. The fourth-order valence-corrected chi connectivity index (χ4v) is 1.33. The van der Waals surface area contributed by atoms with E-state index in [1.54, 1.807) is 6.20 Å². The Kier molecular flexibility index (Phi) is 4.09. The van der Waals surface area contributed by atoms with Gasteiger partial charge in [0.1, 0.15) is 0 Å². The molecule has 0 aliphatic rings. The molecule has 1 aromatic heterocycles. The van der Waals surface area contributed by atoms with E-state index in [-0.39, 0.29) is 0 Å². The predicted octanol–water partition coefficient (Wildman–Crippen LogP) is 2.24. The second-order valence-corrected chi connectivity index (χ2v) is 3.62. The minimum atomic E-state index is 0.430. The number of nitrogens with one attached hydrogen (secondary N) is 1. The van der Waals surface area contributed by atoms with Crippen molar-refractivity contribution in [2.24, 2.45) is 7.05 Å². The lowest BCUT2D eigenvalue weighted by molar-refractivity contribution is 0.680. The standard InChI is InChI=1S/C9H16ClN3/c1-8(4-3-5-10)12-9-11-6-7-13(9)2/h6-8H,3-5H2,1-2H3,(H,11,12). The highest BCUT2D eigenvalue weighted by Gasteiger charge is 2.03. The molecule has 0 aromatic carbocycles. The molecule has 1 atom stereocenters. The molecular formula is C9H16ClN3. The van der Waals surface area contributed by atoms with Crippen molar-refractivity contribution in [1.29, 1.82) is 0 Å². The van der Waals surface area contributed by atoms with Crippen LogP contribution in [0.4, 0.5) is 5.95 Å². The summed E-state index contributed by atoms with van der Waals surface area (Å²) in [6, 6.07) is 0.430. The summed E-state index contributed by atoms with van der Waals surface area (Å²) in [6.07, 6.45) is 5.84. The van der Waals surface area contributed by atoms with Crippen LogP contribution in [0.25, 0.3) is 0 Å². The molecule has 1 rings (SSSR count). The lowest BCUT2D eigenvalue weighted by Gasteiger charge is -2.13. The molecule has 1 aromatic rings. The number of imidazole rings is 1. The molecule has 0 fully saturated rings. The highest BCUT2D eigenvalue weighted by atomic mass is 35.5. The topological polar surface area (TPSA) is 29.9 Å². The Bertz CT molecular complexity index is 247. The summed E-state index contributed by atoms with van der Waals surface area (Å²) >= 11 is 5.61. The third-order valence-corrected chi connectivity index (χ3v) is 2.23. The number of anilines is 1. The molecule has 0 saturated heterocycles. The minimum Gasteiger partial charge on any atom is -0.353 e. The number of alkyl halides is 1. The minimum absolute atomic E-state index is 0.430. The second-order valence-electron chi connectivity index (χ2n) is 3.24. The van der Waals surface area contributed by atoms with E-state index in [0.717, 1.165) is 24.7 Å². The van der Waals surface area contributed by atoms with Gasteiger partial charge in [0.05, 0.1) is 0 Å². The van der Waals surface area contributed by atoms with E-state index < -0.39 is 0 Å². The van der Waals surface area contributed by atoms with Gasteiger partial charge in [-0.2, -0.15) is 0 Å². The number of aromatic nitrogens is 2. The van der Waals surface area contributed by atoms with E-state index in [1.807, 2.05) is 17.8 Å². The van der Waals surface area contributed by atoms with Crippen LogP contribution in [0, 0.1) is 0 Å². The number of hydrogen-bond acceptors (Lipinski definition) is 2. The Morgan fingerprint density at radius 1 is 1.69 bits per heavy atom. The Labute approximate surface area is 84.1 Å². The highest BCUT2D eigenvalue weighted by Crippen LogP contribution is 2.07. The van der Waals surface area contributed by atoms with Crippen LogP contribution in [0.15, 0.2) is 12.4 Å². The molecule has 13 heavy (non-hydrogen) atoms. The number of rotatable bonds is 5. The zero-order valence-corrected chi connectivity index (χ0v) is 8.88. The summed E-state index contributed by atoms with van der Waals surface area (Å²) in [7, 11) is 1.98. The van der Waals surface area contributed by atoms with Gasteiger partial charge in [-0.25, -0.2) is 4.98 Å². The molecule has 0 saturated carbocycles. The van der Waals surface area contributed by atoms with E-state index in [4.69, 9.17) is 11.6 Å². The van der Waals surface area contributed by atoms with Gasteiger partial charge < -0.3 is 9.88 Å². The third-order valence-electron chi connectivity index (χ3n) is 1.97. The molecule has 0 bridgehead atoms. The molecule has 0 spiro atoms. The summed E-state index contributed by atoms with van der Waals surface area (Å²) in [5, 5.41) is 3.32. The maximum absolute atomic E-state index is 5.61. The van der Waals surface area contributed by atoms with Crippen molar-refractivity contribution in [3.63, 3.8) is 0 Å². The molecule has 0 radical (unpaired) electrons. The van der Waals surface area contributed by atoms with Gasteiger partial charge in [-0.1, -0.05) is 0 Å². The van der Waals surface area contributed by atoms with Crippen molar-refractivity contribution in [3.05, 3.63) is 12.4 Å². The van der Waals surface area contributed by atoms with E-state index in [0.29, 0.717) is 6.04 Å². The van der Waals surface area contributed by atoms with Crippen LogP contribution >= 0.6 is 11.6 Å². The van der Waals surface area contributed by atoms with Crippen LogP contribution in [0.1, 0.15) is 19.8 Å².